The number of para-hydroxylation sites is 2. The lowest BCUT2D eigenvalue weighted by Gasteiger charge is -2.16. The van der Waals surface area contributed by atoms with E-state index in [0.29, 0.717) is 0 Å². The average molecular weight is 352 g/mol. The van der Waals surface area contributed by atoms with E-state index in [1.54, 1.807) is 6.07 Å². The number of amides is 1. The van der Waals surface area contributed by atoms with Crippen molar-refractivity contribution in [1.29, 1.82) is 0 Å². The molecular weight excluding hydrogens is 338 g/mol. The van der Waals surface area contributed by atoms with E-state index in [9.17, 15) is 23.7 Å². The van der Waals surface area contributed by atoms with E-state index in [0.717, 1.165) is 0 Å². The van der Waals surface area contributed by atoms with Gasteiger partial charge in [0.25, 0.3) is 11.6 Å². The lowest BCUT2D eigenvalue weighted by molar-refractivity contribution is -0.384. The highest BCUT2D eigenvalue weighted by atomic mass is 19.3. The van der Waals surface area contributed by atoms with E-state index in [4.69, 9.17) is 4.74 Å². The number of ether oxygens (including phenoxy) is 2. The van der Waals surface area contributed by atoms with Gasteiger partial charge in [0.2, 0.25) is 0 Å². The van der Waals surface area contributed by atoms with Crippen LogP contribution in [0.5, 0.6) is 11.5 Å². The molecule has 0 heterocycles. The molecule has 25 heavy (non-hydrogen) atoms. The topological polar surface area (TPSA) is 90.7 Å². The van der Waals surface area contributed by atoms with Crippen molar-refractivity contribution in [2.24, 2.45) is 0 Å². The Kier molecular flexibility index (Phi) is 5.83. The maximum Gasteiger partial charge on any atom is 0.387 e. The number of nitro groups is 1. The first kappa shape index (κ1) is 18.1. The average Bonchev–Trinajstić information content (AvgIpc) is 2.56. The Labute approximate surface area is 141 Å². The molecule has 132 valence electrons. The summed E-state index contributed by atoms with van der Waals surface area (Å²) >= 11 is 0. The molecule has 0 aliphatic heterocycles. The van der Waals surface area contributed by atoms with Crippen LogP contribution < -0.4 is 14.8 Å². The number of halogens is 2. The Hall–Kier alpha value is -3.23. The molecule has 2 aromatic rings. The van der Waals surface area contributed by atoms with Crippen molar-refractivity contribution in [2.45, 2.75) is 19.6 Å². The van der Waals surface area contributed by atoms with Gasteiger partial charge in [-0.05, 0) is 25.1 Å². The zero-order chi connectivity index (χ0) is 18.4. The van der Waals surface area contributed by atoms with E-state index in [-0.39, 0.29) is 22.9 Å². The van der Waals surface area contributed by atoms with Gasteiger partial charge in [0.15, 0.2) is 6.10 Å². The Morgan fingerprint density at radius 3 is 2.56 bits per heavy atom. The standard InChI is InChI=1S/C16H14F2N2O5/c1-10(24-12-6-4-5-11(9-12)20(22)23)15(21)19-13-7-2-3-8-14(13)25-16(17)18/h2-10,16H,1H3,(H,19,21)/t10-/m0/s1. The van der Waals surface area contributed by atoms with Crippen molar-refractivity contribution < 1.29 is 28.0 Å². The number of hydrogen-bond donors (Lipinski definition) is 1. The summed E-state index contributed by atoms with van der Waals surface area (Å²) in [5.74, 6) is -0.681. The zero-order valence-electron chi connectivity index (χ0n) is 13.0. The van der Waals surface area contributed by atoms with Crippen LogP contribution in [0.15, 0.2) is 48.5 Å². The Morgan fingerprint density at radius 2 is 1.88 bits per heavy atom. The molecule has 1 atom stereocenters. The van der Waals surface area contributed by atoms with E-state index in [1.165, 1.54) is 49.4 Å². The van der Waals surface area contributed by atoms with E-state index in [2.05, 4.69) is 10.1 Å². The maximum atomic E-state index is 12.4. The van der Waals surface area contributed by atoms with Gasteiger partial charge in [-0.25, -0.2) is 0 Å². The molecule has 1 N–H and O–H groups in total. The van der Waals surface area contributed by atoms with Crippen molar-refractivity contribution in [3.05, 3.63) is 58.6 Å². The molecule has 0 unspecified atom stereocenters. The van der Waals surface area contributed by atoms with Crippen molar-refractivity contribution in [3.63, 3.8) is 0 Å². The van der Waals surface area contributed by atoms with Crippen LogP contribution in [-0.4, -0.2) is 23.5 Å². The van der Waals surface area contributed by atoms with Crippen molar-refractivity contribution in [2.75, 3.05) is 5.32 Å². The summed E-state index contributed by atoms with van der Waals surface area (Å²) in [4.78, 5) is 22.3. The number of nitrogens with zero attached hydrogens (tertiary/aromatic N) is 1. The van der Waals surface area contributed by atoms with Crippen LogP contribution in [0.25, 0.3) is 0 Å². The number of carbonyl (C=O) groups excluding carboxylic acids is 1. The van der Waals surface area contributed by atoms with Gasteiger partial charge in [-0.2, -0.15) is 8.78 Å². The van der Waals surface area contributed by atoms with Crippen molar-refractivity contribution >= 4 is 17.3 Å². The van der Waals surface area contributed by atoms with Gasteiger partial charge in [-0.15, -0.1) is 0 Å². The summed E-state index contributed by atoms with van der Waals surface area (Å²) in [6.45, 7) is -1.61. The fourth-order valence-electron chi connectivity index (χ4n) is 1.93. The van der Waals surface area contributed by atoms with Crippen LogP contribution in [0.2, 0.25) is 0 Å². The third-order valence-corrected chi connectivity index (χ3v) is 3.07. The number of alkyl halides is 2. The molecule has 0 aliphatic rings. The Bertz CT molecular complexity index is 770. The summed E-state index contributed by atoms with van der Waals surface area (Å²) in [5, 5.41) is 13.2. The number of benzene rings is 2. The van der Waals surface area contributed by atoms with Crippen LogP contribution in [0, 0.1) is 10.1 Å². The number of nitro benzene ring substituents is 1. The van der Waals surface area contributed by atoms with E-state index in [1.807, 2.05) is 0 Å². The van der Waals surface area contributed by atoms with Crippen molar-refractivity contribution in [3.8, 4) is 11.5 Å². The second kappa shape index (κ2) is 8.04. The normalized spacial score (nSPS) is 11.7. The molecule has 1 amide bonds. The Balaban J connectivity index is 2.06. The smallest absolute Gasteiger partial charge is 0.387 e. The fourth-order valence-corrected chi connectivity index (χ4v) is 1.93. The van der Waals surface area contributed by atoms with Gasteiger partial charge in [-0.1, -0.05) is 18.2 Å². The second-order valence-corrected chi connectivity index (χ2v) is 4.88. The molecule has 2 rings (SSSR count). The molecule has 0 bridgehead atoms. The molecule has 7 nitrogen and oxygen atoms in total. The number of anilines is 1. The monoisotopic (exact) mass is 352 g/mol. The lowest BCUT2D eigenvalue weighted by atomic mass is 10.2. The molecule has 0 aliphatic carbocycles. The SMILES string of the molecule is C[C@H](Oc1cccc([N+](=O)[O-])c1)C(=O)Nc1ccccc1OC(F)F. The lowest BCUT2D eigenvalue weighted by Crippen LogP contribution is -2.30. The molecule has 0 fully saturated rings. The van der Waals surface area contributed by atoms with E-state index < -0.39 is 23.5 Å². The minimum absolute atomic E-state index is 0.0577. The number of non-ortho nitro benzene ring substituents is 1. The third-order valence-electron chi connectivity index (χ3n) is 3.07. The number of nitrogens with one attached hydrogen (secondary N) is 1. The summed E-state index contributed by atoms with van der Waals surface area (Å²) in [6.07, 6.45) is -1.03. The Morgan fingerprint density at radius 1 is 1.16 bits per heavy atom. The van der Waals surface area contributed by atoms with Gasteiger partial charge in [0.05, 0.1) is 16.7 Å². The molecular formula is C16H14F2N2O5. The van der Waals surface area contributed by atoms with Crippen LogP contribution >= 0.6 is 0 Å². The van der Waals surface area contributed by atoms with Crippen LogP contribution in [0.4, 0.5) is 20.2 Å². The minimum atomic E-state index is -3.03. The maximum absolute atomic E-state index is 12.4. The number of rotatable bonds is 7. The van der Waals surface area contributed by atoms with Crippen LogP contribution in [0.1, 0.15) is 6.92 Å². The molecule has 2 aromatic carbocycles. The largest absolute Gasteiger partial charge is 0.481 e. The molecule has 0 spiro atoms. The van der Waals surface area contributed by atoms with Gasteiger partial charge >= 0.3 is 6.61 Å². The first-order valence-electron chi connectivity index (χ1n) is 7.12. The quantitative estimate of drug-likeness (QED) is 0.607. The number of carbonyl (C=O) groups is 1. The van der Waals surface area contributed by atoms with Crippen LogP contribution in [0.3, 0.4) is 0 Å². The second-order valence-electron chi connectivity index (χ2n) is 4.88. The van der Waals surface area contributed by atoms with Crippen molar-refractivity contribution in [1.82, 2.24) is 0 Å². The summed E-state index contributed by atoms with van der Waals surface area (Å²) < 4.78 is 34.4. The van der Waals surface area contributed by atoms with Gasteiger partial charge < -0.3 is 14.8 Å². The summed E-state index contributed by atoms with van der Waals surface area (Å²) in [5.41, 5.74) is -0.122. The van der Waals surface area contributed by atoms with Crippen LogP contribution in [-0.2, 0) is 4.79 Å². The molecule has 0 radical (unpaired) electrons. The van der Waals surface area contributed by atoms with Gasteiger partial charge in [0, 0.05) is 6.07 Å². The first-order valence-corrected chi connectivity index (χ1v) is 7.12. The fraction of sp³-hybridized carbons (Fsp3) is 0.188. The molecule has 0 saturated carbocycles. The predicted octanol–water partition coefficient (Wildman–Crippen LogP) is 3.60. The highest BCUT2D eigenvalue weighted by molar-refractivity contribution is 5.95. The highest BCUT2D eigenvalue weighted by Gasteiger charge is 2.18. The number of hydrogen-bond acceptors (Lipinski definition) is 5. The first-order chi connectivity index (χ1) is 11.9. The summed E-state index contributed by atoms with van der Waals surface area (Å²) in [6, 6.07) is 11.1. The third kappa shape index (κ3) is 5.13. The zero-order valence-corrected chi connectivity index (χ0v) is 13.0. The van der Waals surface area contributed by atoms with E-state index >= 15 is 0 Å². The van der Waals surface area contributed by atoms with Gasteiger partial charge in [-0.3, -0.25) is 14.9 Å². The van der Waals surface area contributed by atoms with Gasteiger partial charge in [0.1, 0.15) is 11.5 Å². The highest BCUT2D eigenvalue weighted by Crippen LogP contribution is 2.26. The molecule has 9 heteroatoms. The summed E-state index contributed by atoms with van der Waals surface area (Å²) in [7, 11) is 0. The molecule has 0 aromatic heterocycles. The predicted molar refractivity (Wildman–Crippen MR) is 84.9 cm³/mol. The molecule has 0 saturated heterocycles. The minimum Gasteiger partial charge on any atom is -0.481 e.